The van der Waals surface area contributed by atoms with Crippen molar-refractivity contribution in [3.63, 3.8) is 0 Å². The molecule has 0 fully saturated rings. The first-order valence-corrected chi connectivity index (χ1v) is 10.5. The van der Waals surface area contributed by atoms with E-state index in [-0.39, 0.29) is 0 Å². The number of hydrogen-bond donors (Lipinski definition) is 1. The second-order valence-corrected chi connectivity index (χ2v) is 7.99. The molecule has 2 aromatic heterocycles. The van der Waals surface area contributed by atoms with Crippen LogP contribution in [0.15, 0.2) is 73.1 Å². The Hall–Kier alpha value is -3.15. The van der Waals surface area contributed by atoms with Crippen molar-refractivity contribution in [2.45, 2.75) is 19.6 Å². The Morgan fingerprint density at radius 3 is 2.48 bits per heavy atom. The summed E-state index contributed by atoms with van der Waals surface area (Å²) in [6.07, 6.45) is 3.56. The number of fused-ring (bicyclic) bond motifs is 1. The van der Waals surface area contributed by atoms with Gasteiger partial charge in [-0.05, 0) is 54.6 Å². The highest BCUT2D eigenvalue weighted by Gasteiger charge is 2.05. The number of nitrogens with zero attached hydrogens (tertiary/aromatic N) is 3. The summed E-state index contributed by atoms with van der Waals surface area (Å²) in [6.45, 7) is 2.39. The van der Waals surface area contributed by atoms with Gasteiger partial charge in [0.2, 0.25) is 0 Å². The van der Waals surface area contributed by atoms with E-state index in [2.05, 4.69) is 51.5 Å². The van der Waals surface area contributed by atoms with Gasteiger partial charge in [-0.15, -0.1) is 0 Å². The topological polar surface area (TPSA) is 50.3 Å². The van der Waals surface area contributed by atoms with Crippen LogP contribution in [0.25, 0.3) is 10.9 Å². The Bertz CT molecular complexity index is 1150. The van der Waals surface area contributed by atoms with E-state index in [0.29, 0.717) is 5.02 Å². The summed E-state index contributed by atoms with van der Waals surface area (Å²) in [4.78, 5) is 11.1. The number of ether oxygens (including phenoxy) is 1. The summed E-state index contributed by atoms with van der Waals surface area (Å²) < 4.78 is 5.17. The maximum absolute atomic E-state index is 6.08. The fourth-order valence-corrected chi connectivity index (χ4v) is 3.67. The van der Waals surface area contributed by atoms with E-state index >= 15 is 0 Å². The molecule has 0 saturated carbocycles. The molecule has 0 spiro atoms. The van der Waals surface area contributed by atoms with Gasteiger partial charge in [0.05, 0.1) is 24.5 Å². The van der Waals surface area contributed by atoms with Gasteiger partial charge in [0.1, 0.15) is 5.75 Å². The minimum Gasteiger partial charge on any atom is -0.495 e. The number of methoxy groups -OCH3 is 1. The Morgan fingerprint density at radius 2 is 1.74 bits per heavy atom. The van der Waals surface area contributed by atoms with E-state index in [0.717, 1.165) is 47.7 Å². The molecular weight excluding hydrogens is 408 g/mol. The number of pyridine rings is 2. The van der Waals surface area contributed by atoms with Crippen molar-refractivity contribution in [3.05, 3.63) is 94.9 Å². The largest absolute Gasteiger partial charge is 0.495 e. The number of anilines is 1. The Labute approximate surface area is 187 Å². The Kier molecular flexibility index (Phi) is 6.65. The average molecular weight is 433 g/mol. The van der Waals surface area contributed by atoms with Crippen molar-refractivity contribution < 1.29 is 4.74 Å². The molecule has 4 rings (SSSR count). The summed E-state index contributed by atoms with van der Waals surface area (Å²) in [5.41, 5.74) is 5.46. The third-order valence-corrected chi connectivity index (χ3v) is 5.36. The summed E-state index contributed by atoms with van der Waals surface area (Å²) in [7, 11) is 3.75. The molecule has 1 N–H and O–H groups in total. The molecule has 0 unspecified atom stereocenters. The van der Waals surface area contributed by atoms with E-state index in [1.165, 1.54) is 11.1 Å². The van der Waals surface area contributed by atoms with Gasteiger partial charge in [-0.2, -0.15) is 0 Å². The predicted molar refractivity (Wildman–Crippen MR) is 126 cm³/mol. The molecule has 0 amide bonds. The van der Waals surface area contributed by atoms with Crippen molar-refractivity contribution in [2.75, 3.05) is 19.5 Å². The average Bonchev–Trinajstić information content (AvgIpc) is 2.79. The number of nitrogens with one attached hydrogen (secondary N) is 1. The molecule has 0 aliphatic rings. The Balaban J connectivity index is 1.34. The number of benzene rings is 2. The highest BCUT2D eigenvalue weighted by Crippen LogP contribution is 2.25. The lowest BCUT2D eigenvalue weighted by Gasteiger charge is -2.17. The second-order valence-electron chi connectivity index (χ2n) is 7.55. The van der Waals surface area contributed by atoms with E-state index in [4.69, 9.17) is 16.3 Å². The lowest BCUT2D eigenvalue weighted by Crippen LogP contribution is -2.18. The number of hydrogen-bond acceptors (Lipinski definition) is 5. The zero-order valence-corrected chi connectivity index (χ0v) is 18.4. The number of rotatable bonds is 8. The lowest BCUT2D eigenvalue weighted by molar-refractivity contribution is 0.314. The van der Waals surface area contributed by atoms with Crippen LogP contribution in [0.1, 0.15) is 16.8 Å². The smallest absolute Gasteiger partial charge is 0.137 e. The molecule has 0 aliphatic carbocycles. The first-order valence-electron chi connectivity index (χ1n) is 10.1. The van der Waals surface area contributed by atoms with Crippen molar-refractivity contribution >= 4 is 28.2 Å². The third-order valence-electron chi connectivity index (χ3n) is 5.13. The van der Waals surface area contributed by atoms with Gasteiger partial charge >= 0.3 is 0 Å². The van der Waals surface area contributed by atoms with E-state index < -0.39 is 0 Å². The van der Waals surface area contributed by atoms with Crippen LogP contribution in [0, 0.1) is 0 Å². The molecule has 0 aliphatic heterocycles. The predicted octanol–water partition coefficient (Wildman–Crippen LogP) is 5.54. The molecule has 0 radical (unpaired) electrons. The van der Waals surface area contributed by atoms with Crippen molar-refractivity contribution in [1.29, 1.82) is 0 Å². The van der Waals surface area contributed by atoms with Gasteiger partial charge in [0.25, 0.3) is 0 Å². The molecule has 2 aromatic carbocycles. The van der Waals surface area contributed by atoms with Gasteiger partial charge in [-0.1, -0.05) is 35.9 Å². The first-order chi connectivity index (χ1) is 15.1. The quantitative estimate of drug-likeness (QED) is 0.396. The zero-order valence-electron chi connectivity index (χ0n) is 17.7. The summed E-state index contributed by atoms with van der Waals surface area (Å²) in [6, 6.07) is 20.4. The van der Waals surface area contributed by atoms with Gasteiger partial charge < -0.3 is 10.1 Å². The minimum atomic E-state index is 0.695. The standard InChI is InChI=1S/C25H25ClN4O/c1-30(17-21-8-9-22(31-2)15-28-21)16-19-5-3-18(4-6-19)14-29-24-11-12-27-25-13-20(26)7-10-23(24)25/h3-13,15H,14,16-17H2,1-2H3,(H,27,29). The van der Waals surface area contributed by atoms with Crippen molar-refractivity contribution in [2.24, 2.45) is 0 Å². The minimum absolute atomic E-state index is 0.695. The number of halogens is 1. The SMILES string of the molecule is COc1ccc(CN(C)Cc2ccc(CNc3ccnc4cc(Cl)ccc34)cc2)nc1. The molecule has 2 heterocycles. The zero-order chi connectivity index (χ0) is 21.6. The van der Waals surface area contributed by atoms with Crippen LogP contribution in [-0.2, 0) is 19.6 Å². The van der Waals surface area contributed by atoms with Gasteiger partial charge in [-0.3, -0.25) is 14.9 Å². The summed E-state index contributed by atoms with van der Waals surface area (Å²) in [5, 5.41) is 5.28. The molecule has 0 atom stereocenters. The van der Waals surface area contributed by atoms with Crippen LogP contribution >= 0.6 is 11.6 Å². The highest BCUT2D eigenvalue weighted by atomic mass is 35.5. The van der Waals surface area contributed by atoms with Crippen molar-refractivity contribution in [1.82, 2.24) is 14.9 Å². The van der Waals surface area contributed by atoms with Gasteiger partial charge in [-0.25, -0.2) is 0 Å². The van der Waals surface area contributed by atoms with Crippen LogP contribution in [0.5, 0.6) is 5.75 Å². The maximum atomic E-state index is 6.08. The normalized spacial score (nSPS) is 11.1. The maximum Gasteiger partial charge on any atom is 0.137 e. The summed E-state index contributed by atoms with van der Waals surface area (Å²) in [5.74, 6) is 0.777. The molecule has 31 heavy (non-hydrogen) atoms. The molecule has 4 aromatic rings. The summed E-state index contributed by atoms with van der Waals surface area (Å²) >= 11 is 6.08. The van der Waals surface area contributed by atoms with Crippen LogP contribution in [0.3, 0.4) is 0 Å². The fourth-order valence-electron chi connectivity index (χ4n) is 3.50. The second kappa shape index (κ2) is 9.77. The highest BCUT2D eigenvalue weighted by molar-refractivity contribution is 6.31. The molecule has 6 heteroatoms. The fraction of sp³-hybridized carbons (Fsp3) is 0.200. The van der Waals surface area contributed by atoms with Crippen molar-refractivity contribution in [3.8, 4) is 5.75 Å². The first kappa shape index (κ1) is 21.1. The molecule has 0 bridgehead atoms. The van der Waals surface area contributed by atoms with Gasteiger partial charge in [0.15, 0.2) is 0 Å². The molecule has 5 nitrogen and oxygen atoms in total. The molecule has 0 saturated heterocycles. The van der Waals surface area contributed by atoms with Crippen LogP contribution in [0.2, 0.25) is 5.02 Å². The van der Waals surface area contributed by atoms with E-state index in [9.17, 15) is 0 Å². The van der Waals surface area contributed by atoms with Gasteiger partial charge in [0, 0.05) is 41.9 Å². The number of aromatic nitrogens is 2. The van der Waals surface area contributed by atoms with Crippen LogP contribution < -0.4 is 10.1 Å². The van der Waals surface area contributed by atoms with Crippen LogP contribution in [0.4, 0.5) is 5.69 Å². The monoisotopic (exact) mass is 432 g/mol. The third kappa shape index (κ3) is 5.51. The Morgan fingerprint density at radius 1 is 0.935 bits per heavy atom. The lowest BCUT2D eigenvalue weighted by atomic mass is 10.1. The van der Waals surface area contributed by atoms with Crippen LogP contribution in [-0.4, -0.2) is 29.0 Å². The van der Waals surface area contributed by atoms with E-state index in [1.54, 1.807) is 19.5 Å². The van der Waals surface area contributed by atoms with E-state index in [1.807, 2.05) is 36.4 Å². The molecule has 158 valence electrons. The molecular formula is C25H25ClN4O.